The zero-order chi connectivity index (χ0) is 20.8. The highest BCUT2D eigenvalue weighted by Gasteiger charge is 2.44. The SMILES string of the molecule is COc1ccc2[nH]c3c(c2c1)CCN(C1CC(=O)N(c2ccccc2OC)C1=O)C3. The Balaban J connectivity index is 1.42. The maximum absolute atomic E-state index is 13.2. The third-order valence-electron chi connectivity index (χ3n) is 6.10. The van der Waals surface area contributed by atoms with Crippen molar-refractivity contribution in [3.8, 4) is 11.5 Å². The van der Waals surface area contributed by atoms with Gasteiger partial charge in [-0.05, 0) is 42.3 Å². The van der Waals surface area contributed by atoms with E-state index in [2.05, 4.69) is 9.88 Å². The van der Waals surface area contributed by atoms with Crippen LogP contribution < -0.4 is 14.4 Å². The summed E-state index contributed by atoms with van der Waals surface area (Å²) in [4.78, 5) is 32.9. The van der Waals surface area contributed by atoms with Gasteiger partial charge in [0.2, 0.25) is 5.91 Å². The van der Waals surface area contributed by atoms with Crippen LogP contribution in [-0.2, 0) is 22.6 Å². The number of aromatic nitrogens is 1. The van der Waals surface area contributed by atoms with Crippen LogP contribution in [0.4, 0.5) is 5.69 Å². The zero-order valence-corrected chi connectivity index (χ0v) is 17.0. The number of carbonyl (C=O) groups is 2. The number of hydrogen-bond donors (Lipinski definition) is 1. The number of H-pyrrole nitrogens is 1. The lowest BCUT2D eigenvalue weighted by atomic mass is 10.0. The van der Waals surface area contributed by atoms with Gasteiger partial charge >= 0.3 is 0 Å². The number of nitrogens with zero attached hydrogens (tertiary/aromatic N) is 2. The van der Waals surface area contributed by atoms with Crippen molar-refractivity contribution in [1.29, 1.82) is 0 Å². The molecule has 7 heteroatoms. The molecule has 3 heterocycles. The Hall–Kier alpha value is -3.32. The van der Waals surface area contributed by atoms with Gasteiger partial charge in [-0.25, -0.2) is 4.90 Å². The summed E-state index contributed by atoms with van der Waals surface area (Å²) in [5.74, 6) is 0.966. The smallest absolute Gasteiger partial charge is 0.251 e. The van der Waals surface area contributed by atoms with Crippen LogP contribution in [-0.4, -0.2) is 48.5 Å². The molecule has 0 bridgehead atoms. The Bertz CT molecular complexity index is 1150. The highest BCUT2D eigenvalue weighted by molar-refractivity contribution is 6.23. The van der Waals surface area contributed by atoms with Gasteiger partial charge in [0.15, 0.2) is 0 Å². The second-order valence-electron chi connectivity index (χ2n) is 7.67. The summed E-state index contributed by atoms with van der Waals surface area (Å²) in [6.45, 7) is 1.33. The van der Waals surface area contributed by atoms with E-state index >= 15 is 0 Å². The molecule has 2 amide bonds. The number of amides is 2. The predicted molar refractivity (Wildman–Crippen MR) is 113 cm³/mol. The second-order valence-corrected chi connectivity index (χ2v) is 7.67. The van der Waals surface area contributed by atoms with Crippen LogP contribution in [0.1, 0.15) is 17.7 Å². The van der Waals surface area contributed by atoms with Crippen molar-refractivity contribution in [2.24, 2.45) is 0 Å². The monoisotopic (exact) mass is 405 g/mol. The first-order valence-electron chi connectivity index (χ1n) is 10.0. The summed E-state index contributed by atoms with van der Waals surface area (Å²) in [5, 5.41) is 1.16. The van der Waals surface area contributed by atoms with Crippen LogP contribution in [0.15, 0.2) is 42.5 Å². The topological polar surface area (TPSA) is 74.9 Å². The number of carbonyl (C=O) groups excluding carboxylic acids is 2. The molecule has 3 aromatic rings. The number of hydrogen-bond acceptors (Lipinski definition) is 5. The van der Waals surface area contributed by atoms with E-state index in [1.54, 1.807) is 32.4 Å². The zero-order valence-electron chi connectivity index (χ0n) is 17.0. The van der Waals surface area contributed by atoms with E-state index < -0.39 is 6.04 Å². The molecule has 0 radical (unpaired) electrons. The number of anilines is 1. The molecule has 2 aliphatic rings. The molecule has 30 heavy (non-hydrogen) atoms. The van der Waals surface area contributed by atoms with Gasteiger partial charge in [0.1, 0.15) is 11.5 Å². The molecule has 7 nitrogen and oxygen atoms in total. The van der Waals surface area contributed by atoms with Crippen molar-refractivity contribution < 1.29 is 19.1 Å². The largest absolute Gasteiger partial charge is 0.497 e. The summed E-state index contributed by atoms with van der Waals surface area (Å²) in [5.41, 5.74) is 3.93. The number of benzene rings is 2. The third-order valence-corrected chi connectivity index (χ3v) is 6.10. The van der Waals surface area contributed by atoms with Gasteiger partial charge in [-0.3, -0.25) is 14.5 Å². The molecule has 1 N–H and O–H groups in total. The summed E-state index contributed by atoms with van der Waals surface area (Å²) in [6.07, 6.45) is 0.995. The fourth-order valence-electron chi connectivity index (χ4n) is 4.60. The van der Waals surface area contributed by atoms with Crippen molar-refractivity contribution in [3.63, 3.8) is 0 Å². The van der Waals surface area contributed by atoms with Crippen molar-refractivity contribution in [3.05, 3.63) is 53.7 Å². The molecule has 154 valence electrons. The lowest BCUT2D eigenvalue weighted by Gasteiger charge is -2.31. The first-order chi connectivity index (χ1) is 14.6. The van der Waals surface area contributed by atoms with Gasteiger partial charge in [-0.1, -0.05) is 12.1 Å². The number of fused-ring (bicyclic) bond motifs is 3. The molecule has 0 spiro atoms. The van der Waals surface area contributed by atoms with Crippen molar-refractivity contribution in [2.45, 2.75) is 25.4 Å². The van der Waals surface area contributed by atoms with E-state index in [1.807, 2.05) is 24.3 Å². The average Bonchev–Trinajstić information content (AvgIpc) is 3.28. The first-order valence-corrected chi connectivity index (χ1v) is 10.0. The minimum absolute atomic E-state index is 0.181. The fourth-order valence-corrected chi connectivity index (χ4v) is 4.60. The van der Waals surface area contributed by atoms with Gasteiger partial charge < -0.3 is 14.5 Å². The van der Waals surface area contributed by atoms with Crippen molar-refractivity contribution in [1.82, 2.24) is 9.88 Å². The van der Waals surface area contributed by atoms with Crippen LogP contribution >= 0.6 is 0 Å². The van der Waals surface area contributed by atoms with Gasteiger partial charge in [0.05, 0.1) is 32.4 Å². The molecular formula is C23H23N3O4. The highest BCUT2D eigenvalue weighted by Crippen LogP contribution is 2.36. The maximum Gasteiger partial charge on any atom is 0.251 e. The fraction of sp³-hybridized carbons (Fsp3) is 0.304. The van der Waals surface area contributed by atoms with Crippen LogP contribution in [0.3, 0.4) is 0 Å². The molecular weight excluding hydrogens is 382 g/mol. The van der Waals surface area contributed by atoms with Crippen molar-refractivity contribution >= 4 is 28.4 Å². The van der Waals surface area contributed by atoms with E-state index in [1.165, 1.54) is 10.5 Å². The molecule has 0 aliphatic carbocycles. The number of aromatic amines is 1. The normalized spacial score (nSPS) is 19.4. The average molecular weight is 405 g/mol. The Kier molecular flexibility index (Phi) is 4.47. The van der Waals surface area contributed by atoms with E-state index in [9.17, 15) is 9.59 Å². The van der Waals surface area contributed by atoms with Crippen LogP contribution in [0, 0.1) is 0 Å². The Morgan fingerprint density at radius 2 is 1.90 bits per heavy atom. The lowest BCUT2D eigenvalue weighted by Crippen LogP contribution is -2.44. The summed E-state index contributed by atoms with van der Waals surface area (Å²) in [7, 11) is 3.20. The number of rotatable bonds is 4. The molecule has 5 rings (SSSR count). The van der Waals surface area contributed by atoms with Crippen molar-refractivity contribution in [2.75, 3.05) is 25.7 Å². The van der Waals surface area contributed by atoms with Crippen LogP contribution in [0.25, 0.3) is 10.9 Å². The highest BCUT2D eigenvalue weighted by atomic mass is 16.5. The molecule has 0 saturated carbocycles. The molecule has 2 aliphatic heterocycles. The molecule has 2 aromatic carbocycles. The van der Waals surface area contributed by atoms with Gasteiger partial charge in [0, 0.05) is 29.7 Å². The Morgan fingerprint density at radius 3 is 2.70 bits per heavy atom. The number of ether oxygens (including phenoxy) is 2. The number of nitrogens with one attached hydrogen (secondary N) is 1. The van der Waals surface area contributed by atoms with Gasteiger partial charge in [0.25, 0.3) is 5.91 Å². The molecule has 1 saturated heterocycles. The molecule has 1 atom stereocenters. The lowest BCUT2D eigenvalue weighted by molar-refractivity contribution is -0.123. The Morgan fingerprint density at radius 1 is 1.07 bits per heavy atom. The first kappa shape index (κ1) is 18.7. The van der Waals surface area contributed by atoms with E-state index in [0.29, 0.717) is 18.0 Å². The Labute approximate surface area is 174 Å². The minimum atomic E-state index is -0.462. The van der Waals surface area contributed by atoms with Gasteiger partial charge in [-0.15, -0.1) is 0 Å². The van der Waals surface area contributed by atoms with Crippen LogP contribution in [0.5, 0.6) is 11.5 Å². The summed E-state index contributed by atoms with van der Waals surface area (Å²) in [6, 6.07) is 12.7. The summed E-state index contributed by atoms with van der Waals surface area (Å²) >= 11 is 0. The van der Waals surface area contributed by atoms with E-state index in [-0.39, 0.29) is 18.2 Å². The van der Waals surface area contributed by atoms with E-state index in [0.717, 1.165) is 35.3 Å². The summed E-state index contributed by atoms with van der Waals surface area (Å²) < 4.78 is 10.7. The third kappa shape index (κ3) is 2.85. The van der Waals surface area contributed by atoms with Crippen LogP contribution in [0.2, 0.25) is 0 Å². The molecule has 1 fully saturated rings. The quantitative estimate of drug-likeness (QED) is 0.676. The number of methoxy groups -OCH3 is 2. The molecule has 1 unspecified atom stereocenters. The standard InChI is InChI=1S/C23H23N3O4/c1-29-14-7-8-17-16(11-14)15-9-10-25(13-18(15)24-17)20-12-22(27)26(23(20)28)19-5-3-4-6-21(19)30-2/h3-8,11,20,24H,9-10,12-13H2,1-2H3. The molecule has 1 aromatic heterocycles. The predicted octanol–water partition coefficient (Wildman–Crippen LogP) is 2.88. The maximum atomic E-state index is 13.2. The number of para-hydroxylation sites is 2. The van der Waals surface area contributed by atoms with Gasteiger partial charge in [-0.2, -0.15) is 0 Å². The second kappa shape index (κ2) is 7.18. The van der Waals surface area contributed by atoms with E-state index in [4.69, 9.17) is 9.47 Å². The number of imide groups is 1. The minimum Gasteiger partial charge on any atom is -0.497 e.